The Hall–Kier alpha value is -1.26. The van der Waals surface area contributed by atoms with Gasteiger partial charge in [0, 0.05) is 29.7 Å². The van der Waals surface area contributed by atoms with E-state index in [1.54, 1.807) is 17.5 Å². The zero-order valence-corrected chi connectivity index (χ0v) is 11.0. The molecule has 0 saturated carbocycles. The lowest BCUT2D eigenvalue weighted by atomic mass is 10.1. The van der Waals surface area contributed by atoms with Crippen LogP contribution < -0.4 is 5.73 Å². The van der Waals surface area contributed by atoms with Gasteiger partial charge in [-0.05, 0) is 25.0 Å². The SMILES string of the molecule is CCc1nc(CC(N)c2cccnc2)sc1C. The molecule has 0 aliphatic heterocycles. The number of rotatable bonds is 4. The van der Waals surface area contributed by atoms with Gasteiger partial charge in [0.2, 0.25) is 0 Å². The van der Waals surface area contributed by atoms with Crippen molar-refractivity contribution < 1.29 is 0 Å². The van der Waals surface area contributed by atoms with E-state index >= 15 is 0 Å². The van der Waals surface area contributed by atoms with Crippen molar-refractivity contribution in [1.82, 2.24) is 9.97 Å². The van der Waals surface area contributed by atoms with Crippen LogP contribution in [0.15, 0.2) is 24.5 Å². The third-order valence-electron chi connectivity index (χ3n) is 2.78. The van der Waals surface area contributed by atoms with Gasteiger partial charge in [-0.3, -0.25) is 4.98 Å². The molecule has 0 spiro atoms. The molecule has 0 aliphatic carbocycles. The number of thiazole rings is 1. The Labute approximate surface area is 106 Å². The van der Waals surface area contributed by atoms with Crippen LogP contribution in [-0.2, 0) is 12.8 Å². The summed E-state index contributed by atoms with van der Waals surface area (Å²) in [4.78, 5) is 10.0. The van der Waals surface area contributed by atoms with E-state index < -0.39 is 0 Å². The first-order valence-electron chi connectivity index (χ1n) is 5.81. The average Bonchev–Trinajstić information content (AvgIpc) is 2.70. The number of aryl methyl sites for hydroxylation is 2. The van der Waals surface area contributed by atoms with Gasteiger partial charge in [0.25, 0.3) is 0 Å². The maximum absolute atomic E-state index is 6.15. The van der Waals surface area contributed by atoms with Crippen LogP contribution in [0.5, 0.6) is 0 Å². The molecule has 2 heterocycles. The Balaban J connectivity index is 2.10. The quantitative estimate of drug-likeness (QED) is 0.903. The monoisotopic (exact) mass is 247 g/mol. The minimum Gasteiger partial charge on any atom is -0.324 e. The van der Waals surface area contributed by atoms with Crippen LogP contribution in [0.4, 0.5) is 0 Å². The summed E-state index contributed by atoms with van der Waals surface area (Å²) < 4.78 is 0. The summed E-state index contributed by atoms with van der Waals surface area (Å²) in [7, 11) is 0. The molecule has 2 rings (SSSR count). The molecule has 0 bridgehead atoms. The van der Waals surface area contributed by atoms with Crippen molar-refractivity contribution in [2.75, 3.05) is 0 Å². The molecule has 2 N–H and O–H groups in total. The van der Waals surface area contributed by atoms with Crippen molar-refractivity contribution in [1.29, 1.82) is 0 Å². The lowest BCUT2D eigenvalue weighted by Crippen LogP contribution is -2.13. The van der Waals surface area contributed by atoms with Crippen LogP contribution in [0.3, 0.4) is 0 Å². The zero-order valence-electron chi connectivity index (χ0n) is 10.2. The Morgan fingerprint density at radius 3 is 2.88 bits per heavy atom. The highest BCUT2D eigenvalue weighted by molar-refractivity contribution is 7.11. The van der Waals surface area contributed by atoms with Crippen LogP contribution in [0.2, 0.25) is 0 Å². The van der Waals surface area contributed by atoms with E-state index in [4.69, 9.17) is 5.73 Å². The van der Waals surface area contributed by atoms with E-state index in [0.29, 0.717) is 0 Å². The van der Waals surface area contributed by atoms with Gasteiger partial charge in [0.1, 0.15) is 0 Å². The zero-order chi connectivity index (χ0) is 12.3. The number of nitrogens with zero attached hydrogens (tertiary/aromatic N) is 2. The summed E-state index contributed by atoms with van der Waals surface area (Å²) in [6.07, 6.45) is 5.37. The fourth-order valence-corrected chi connectivity index (χ4v) is 2.88. The highest BCUT2D eigenvalue weighted by atomic mass is 32.1. The first-order valence-corrected chi connectivity index (χ1v) is 6.63. The van der Waals surface area contributed by atoms with Gasteiger partial charge >= 0.3 is 0 Å². The molecule has 0 fully saturated rings. The third-order valence-corrected chi connectivity index (χ3v) is 3.81. The largest absolute Gasteiger partial charge is 0.324 e. The number of hydrogen-bond donors (Lipinski definition) is 1. The molecule has 2 aromatic heterocycles. The van der Waals surface area contributed by atoms with Crippen molar-refractivity contribution in [2.45, 2.75) is 32.7 Å². The van der Waals surface area contributed by atoms with Gasteiger partial charge in [-0.15, -0.1) is 11.3 Å². The van der Waals surface area contributed by atoms with E-state index in [2.05, 4.69) is 23.8 Å². The summed E-state index contributed by atoms with van der Waals surface area (Å²) in [5.41, 5.74) is 8.42. The number of aromatic nitrogens is 2. The number of pyridine rings is 1. The summed E-state index contributed by atoms with van der Waals surface area (Å²) >= 11 is 1.75. The van der Waals surface area contributed by atoms with Crippen LogP contribution in [0, 0.1) is 6.92 Å². The number of hydrogen-bond acceptors (Lipinski definition) is 4. The molecular formula is C13H17N3S. The molecule has 0 aromatic carbocycles. The standard InChI is InChI=1S/C13H17N3S/c1-3-12-9(2)17-13(16-12)7-11(14)10-5-4-6-15-8-10/h4-6,8,11H,3,7,14H2,1-2H3. The predicted octanol–water partition coefficient (Wildman–Crippen LogP) is 2.65. The molecule has 2 aromatic rings. The fraction of sp³-hybridized carbons (Fsp3) is 0.385. The molecule has 0 radical (unpaired) electrons. The van der Waals surface area contributed by atoms with Gasteiger partial charge in [-0.1, -0.05) is 13.0 Å². The highest BCUT2D eigenvalue weighted by Gasteiger charge is 2.11. The topological polar surface area (TPSA) is 51.8 Å². The van der Waals surface area contributed by atoms with Gasteiger partial charge in [0.15, 0.2) is 0 Å². The lowest BCUT2D eigenvalue weighted by molar-refractivity contribution is 0.712. The second-order valence-corrected chi connectivity index (χ2v) is 5.35. The van der Waals surface area contributed by atoms with Crippen molar-refractivity contribution in [2.24, 2.45) is 5.73 Å². The van der Waals surface area contributed by atoms with Gasteiger partial charge in [-0.2, -0.15) is 0 Å². The molecule has 0 aliphatic rings. The van der Waals surface area contributed by atoms with Crippen LogP contribution >= 0.6 is 11.3 Å². The Morgan fingerprint density at radius 2 is 2.29 bits per heavy atom. The van der Waals surface area contributed by atoms with Gasteiger partial charge in [0.05, 0.1) is 10.7 Å². The number of nitrogens with two attached hydrogens (primary N) is 1. The molecule has 1 atom stereocenters. The van der Waals surface area contributed by atoms with Crippen LogP contribution in [0.25, 0.3) is 0 Å². The molecular weight excluding hydrogens is 230 g/mol. The van der Waals surface area contributed by atoms with E-state index in [-0.39, 0.29) is 6.04 Å². The van der Waals surface area contributed by atoms with Crippen molar-refractivity contribution in [3.05, 3.63) is 45.7 Å². The van der Waals surface area contributed by atoms with E-state index in [1.165, 1.54) is 10.6 Å². The minimum atomic E-state index is -0.0149. The van der Waals surface area contributed by atoms with Crippen molar-refractivity contribution >= 4 is 11.3 Å². The summed E-state index contributed by atoms with van der Waals surface area (Å²) in [6, 6.07) is 3.91. The third kappa shape index (κ3) is 2.90. The lowest BCUT2D eigenvalue weighted by Gasteiger charge is -2.08. The maximum Gasteiger partial charge on any atom is 0.0949 e. The highest BCUT2D eigenvalue weighted by Crippen LogP contribution is 2.22. The van der Waals surface area contributed by atoms with Crippen LogP contribution in [0.1, 0.15) is 34.1 Å². The molecule has 1 unspecified atom stereocenters. The molecule has 4 heteroatoms. The van der Waals surface area contributed by atoms with Crippen molar-refractivity contribution in [3.8, 4) is 0 Å². The maximum atomic E-state index is 6.15. The van der Waals surface area contributed by atoms with E-state index in [9.17, 15) is 0 Å². The normalized spacial score (nSPS) is 12.6. The molecule has 3 nitrogen and oxygen atoms in total. The first-order chi connectivity index (χ1) is 8.20. The molecule has 0 saturated heterocycles. The average molecular weight is 247 g/mol. The Kier molecular flexibility index (Phi) is 3.86. The second-order valence-electron chi connectivity index (χ2n) is 4.06. The molecule has 0 amide bonds. The smallest absolute Gasteiger partial charge is 0.0949 e. The predicted molar refractivity (Wildman–Crippen MR) is 71.1 cm³/mol. The van der Waals surface area contributed by atoms with Gasteiger partial charge < -0.3 is 5.73 Å². The van der Waals surface area contributed by atoms with Crippen LogP contribution in [-0.4, -0.2) is 9.97 Å². The Morgan fingerprint density at radius 1 is 1.47 bits per heavy atom. The van der Waals surface area contributed by atoms with E-state index in [1.807, 2.05) is 18.3 Å². The minimum absolute atomic E-state index is 0.0149. The molecule has 17 heavy (non-hydrogen) atoms. The Bertz CT molecular complexity index is 479. The second kappa shape index (κ2) is 5.38. The summed E-state index contributed by atoms with van der Waals surface area (Å²) in [5.74, 6) is 0. The van der Waals surface area contributed by atoms with Crippen molar-refractivity contribution in [3.63, 3.8) is 0 Å². The van der Waals surface area contributed by atoms with E-state index in [0.717, 1.165) is 23.4 Å². The summed E-state index contributed by atoms with van der Waals surface area (Å²) in [5, 5.41) is 1.12. The summed E-state index contributed by atoms with van der Waals surface area (Å²) in [6.45, 7) is 4.25. The first kappa shape index (κ1) is 12.2. The van der Waals surface area contributed by atoms with Gasteiger partial charge in [-0.25, -0.2) is 4.98 Å². The molecule has 90 valence electrons. The fourth-order valence-electron chi connectivity index (χ4n) is 1.80.